The van der Waals surface area contributed by atoms with Crippen molar-refractivity contribution in [1.82, 2.24) is 20.0 Å². The molecule has 0 amide bonds. The van der Waals surface area contributed by atoms with E-state index in [0.29, 0.717) is 17.2 Å². The molecule has 0 atom stereocenters. The molecule has 1 N–H and O–H groups in total. The fourth-order valence-electron chi connectivity index (χ4n) is 2.04. The van der Waals surface area contributed by atoms with Crippen molar-refractivity contribution in [2.45, 2.75) is 13.3 Å². The SMILES string of the molecule is CCc1c(C(=O)O)nnn1-c1nc(-c2ccccc2)cs1. The summed E-state index contributed by atoms with van der Waals surface area (Å²) < 4.78 is 1.50. The molecule has 0 fully saturated rings. The molecule has 106 valence electrons. The maximum absolute atomic E-state index is 11.1. The quantitative estimate of drug-likeness (QED) is 0.801. The summed E-state index contributed by atoms with van der Waals surface area (Å²) in [6.45, 7) is 1.87. The van der Waals surface area contributed by atoms with Gasteiger partial charge in [-0.25, -0.2) is 9.78 Å². The molecule has 6 nitrogen and oxygen atoms in total. The normalized spacial score (nSPS) is 10.7. The number of hydrogen-bond acceptors (Lipinski definition) is 5. The maximum Gasteiger partial charge on any atom is 0.358 e. The van der Waals surface area contributed by atoms with Gasteiger partial charge in [0.1, 0.15) is 0 Å². The summed E-state index contributed by atoms with van der Waals surface area (Å²) in [5, 5.41) is 19.3. The number of aromatic carboxylic acids is 1. The molecule has 3 rings (SSSR count). The number of carbonyl (C=O) groups is 1. The largest absolute Gasteiger partial charge is 0.476 e. The van der Waals surface area contributed by atoms with Crippen LogP contribution in [0.15, 0.2) is 35.7 Å². The van der Waals surface area contributed by atoms with Crippen LogP contribution in [0.1, 0.15) is 23.1 Å². The summed E-state index contributed by atoms with van der Waals surface area (Å²) in [5.74, 6) is -1.07. The highest BCUT2D eigenvalue weighted by Crippen LogP contribution is 2.24. The highest BCUT2D eigenvalue weighted by Gasteiger charge is 2.20. The Balaban J connectivity index is 2.03. The molecule has 0 radical (unpaired) electrons. The van der Waals surface area contributed by atoms with E-state index in [1.54, 1.807) is 0 Å². The molecule has 3 aromatic rings. The third-order valence-corrected chi connectivity index (χ3v) is 3.86. The van der Waals surface area contributed by atoms with Crippen LogP contribution in [0.25, 0.3) is 16.4 Å². The van der Waals surface area contributed by atoms with Gasteiger partial charge in [-0.15, -0.1) is 16.4 Å². The minimum absolute atomic E-state index is 0.0195. The number of hydrogen-bond donors (Lipinski definition) is 1. The second kappa shape index (κ2) is 5.45. The summed E-state index contributed by atoms with van der Waals surface area (Å²) >= 11 is 1.41. The van der Waals surface area contributed by atoms with Crippen molar-refractivity contribution in [3.05, 3.63) is 47.1 Å². The zero-order valence-electron chi connectivity index (χ0n) is 11.2. The molecule has 21 heavy (non-hydrogen) atoms. The second-order valence-corrected chi connectivity index (χ2v) is 5.17. The highest BCUT2D eigenvalue weighted by atomic mass is 32.1. The van der Waals surface area contributed by atoms with E-state index in [4.69, 9.17) is 5.11 Å². The predicted octanol–water partition coefficient (Wildman–Crippen LogP) is 2.65. The third kappa shape index (κ3) is 2.43. The van der Waals surface area contributed by atoms with Gasteiger partial charge in [-0.3, -0.25) is 0 Å². The summed E-state index contributed by atoms with van der Waals surface area (Å²) in [5.41, 5.74) is 2.38. The lowest BCUT2D eigenvalue weighted by Crippen LogP contribution is -2.05. The molecule has 0 spiro atoms. The van der Waals surface area contributed by atoms with Crippen molar-refractivity contribution < 1.29 is 9.90 Å². The van der Waals surface area contributed by atoms with Gasteiger partial charge >= 0.3 is 5.97 Å². The van der Waals surface area contributed by atoms with Crippen LogP contribution in [-0.4, -0.2) is 31.1 Å². The first kappa shape index (κ1) is 13.4. The van der Waals surface area contributed by atoms with Gasteiger partial charge in [0, 0.05) is 10.9 Å². The first-order chi connectivity index (χ1) is 10.2. The van der Waals surface area contributed by atoms with Crippen molar-refractivity contribution >= 4 is 17.3 Å². The average molecular weight is 300 g/mol. The van der Waals surface area contributed by atoms with Crippen molar-refractivity contribution in [2.24, 2.45) is 0 Å². The summed E-state index contributed by atoms with van der Waals surface area (Å²) in [6.07, 6.45) is 0.523. The molecule has 0 unspecified atom stereocenters. The van der Waals surface area contributed by atoms with Gasteiger partial charge in [0.15, 0.2) is 5.69 Å². The van der Waals surface area contributed by atoms with Crippen molar-refractivity contribution in [2.75, 3.05) is 0 Å². The first-order valence-corrected chi connectivity index (χ1v) is 7.28. The Labute approximate surface area is 124 Å². The molecule has 0 saturated carbocycles. The molecular weight excluding hydrogens is 288 g/mol. The molecular formula is C14H12N4O2S. The van der Waals surface area contributed by atoms with E-state index in [0.717, 1.165) is 11.3 Å². The number of thiazole rings is 1. The number of nitrogens with zero attached hydrogens (tertiary/aromatic N) is 4. The van der Waals surface area contributed by atoms with E-state index in [-0.39, 0.29) is 5.69 Å². The standard InChI is InChI=1S/C14H12N4O2S/c1-2-11-12(13(19)20)16-17-18(11)14-15-10(8-21-14)9-6-4-3-5-7-9/h3-8H,2H2,1H3,(H,19,20). The first-order valence-electron chi connectivity index (χ1n) is 6.40. The Morgan fingerprint density at radius 3 is 2.76 bits per heavy atom. The summed E-state index contributed by atoms with van der Waals surface area (Å²) in [7, 11) is 0. The van der Waals surface area contributed by atoms with Crippen LogP contribution in [0, 0.1) is 0 Å². The Morgan fingerprint density at radius 2 is 2.10 bits per heavy atom. The van der Waals surface area contributed by atoms with Crippen LogP contribution < -0.4 is 0 Å². The minimum atomic E-state index is -1.07. The van der Waals surface area contributed by atoms with Crippen LogP contribution in [0.2, 0.25) is 0 Å². The number of rotatable bonds is 4. The van der Waals surface area contributed by atoms with E-state index in [2.05, 4.69) is 15.3 Å². The number of carboxylic acids is 1. The van der Waals surface area contributed by atoms with Crippen LogP contribution in [0.3, 0.4) is 0 Å². The Morgan fingerprint density at radius 1 is 1.33 bits per heavy atom. The van der Waals surface area contributed by atoms with Crippen LogP contribution in [0.4, 0.5) is 0 Å². The van der Waals surface area contributed by atoms with Crippen molar-refractivity contribution in [3.63, 3.8) is 0 Å². The van der Waals surface area contributed by atoms with Gasteiger partial charge in [-0.1, -0.05) is 42.5 Å². The minimum Gasteiger partial charge on any atom is -0.476 e. The zero-order valence-corrected chi connectivity index (χ0v) is 12.0. The molecule has 0 aliphatic carbocycles. The molecule has 0 aliphatic rings. The van der Waals surface area contributed by atoms with E-state index in [1.807, 2.05) is 42.6 Å². The third-order valence-electron chi connectivity index (χ3n) is 3.04. The topological polar surface area (TPSA) is 80.9 Å². The summed E-state index contributed by atoms with van der Waals surface area (Å²) in [4.78, 5) is 15.6. The number of carboxylic acid groups (broad SMARTS) is 1. The van der Waals surface area contributed by atoms with Gasteiger partial charge in [-0.2, -0.15) is 4.68 Å². The average Bonchev–Trinajstić information content (AvgIpc) is 3.14. The lowest BCUT2D eigenvalue weighted by atomic mass is 10.2. The van der Waals surface area contributed by atoms with Gasteiger partial charge < -0.3 is 5.11 Å². The predicted molar refractivity (Wildman–Crippen MR) is 78.8 cm³/mol. The second-order valence-electron chi connectivity index (χ2n) is 4.34. The van der Waals surface area contributed by atoms with Gasteiger partial charge in [0.2, 0.25) is 5.13 Å². The lowest BCUT2D eigenvalue weighted by molar-refractivity contribution is 0.0689. The summed E-state index contributed by atoms with van der Waals surface area (Å²) in [6, 6.07) is 9.79. The monoisotopic (exact) mass is 300 g/mol. The van der Waals surface area contributed by atoms with Crippen molar-refractivity contribution in [3.8, 4) is 16.4 Å². The molecule has 0 bridgehead atoms. The lowest BCUT2D eigenvalue weighted by Gasteiger charge is -2.00. The van der Waals surface area contributed by atoms with Crippen LogP contribution >= 0.6 is 11.3 Å². The Hall–Kier alpha value is -2.54. The van der Waals surface area contributed by atoms with Crippen LogP contribution in [0.5, 0.6) is 0 Å². The molecule has 0 saturated heterocycles. The van der Waals surface area contributed by atoms with E-state index < -0.39 is 5.97 Å². The highest BCUT2D eigenvalue weighted by molar-refractivity contribution is 7.12. The molecule has 2 aromatic heterocycles. The Kier molecular flexibility index (Phi) is 3.49. The molecule has 1 aromatic carbocycles. The fraction of sp³-hybridized carbons (Fsp3) is 0.143. The molecule has 7 heteroatoms. The van der Waals surface area contributed by atoms with Gasteiger partial charge in [0.05, 0.1) is 11.4 Å². The van der Waals surface area contributed by atoms with E-state index in [1.165, 1.54) is 16.0 Å². The van der Waals surface area contributed by atoms with Gasteiger partial charge in [0.25, 0.3) is 0 Å². The molecule has 0 aliphatic heterocycles. The molecule has 2 heterocycles. The number of benzene rings is 1. The van der Waals surface area contributed by atoms with Crippen LogP contribution in [-0.2, 0) is 6.42 Å². The Bertz CT molecular complexity index is 779. The van der Waals surface area contributed by atoms with E-state index >= 15 is 0 Å². The smallest absolute Gasteiger partial charge is 0.358 e. The van der Waals surface area contributed by atoms with Gasteiger partial charge in [-0.05, 0) is 6.42 Å². The zero-order chi connectivity index (χ0) is 14.8. The van der Waals surface area contributed by atoms with E-state index in [9.17, 15) is 4.79 Å². The fourth-order valence-corrected chi connectivity index (χ4v) is 2.85. The van der Waals surface area contributed by atoms with Crippen molar-refractivity contribution in [1.29, 1.82) is 0 Å². The number of aromatic nitrogens is 4. The maximum atomic E-state index is 11.1.